The van der Waals surface area contributed by atoms with Crippen LogP contribution in [0, 0.1) is 11.3 Å². The Balaban J connectivity index is 2.76. The highest BCUT2D eigenvalue weighted by atomic mass is 16.5. The van der Waals surface area contributed by atoms with Gasteiger partial charge in [-0.25, -0.2) is 0 Å². The summed E-state index contributed by atoms with van der Waals surface area (Å²) in [4.78, 5) is 25.7. The Hall–Kier alpha value is -1.14. The van der Waals surface area contributed by atoms with E-state index in [0.29, 0.717) is 32.2 Å². The molecule has 2 unspecified atom stereocenters. The highest BCUT2D eigenvalue weighted by Crippen LogP contribution is 2.29. The van der Waals surface area contributed by atoms with E-state index in [1.54, 1.807) is 4.90 Å². The van der Waals surface area contributed by atoms with Crippen molar-refractivity contribution in [2.45, 2.75) is 33.2 Å². The number of nitrogens with zero attached hydrogens (tertiary/aromatic N) is 1. The van der Waals surface area contributed by atoms with Crippen LogP contribution in [0.4, 0.5) is 0 Å². The molecule has 0 aliphatic carbocycles. The first-order valence-electron chi connectivity index (χ1n) is 7.00. The number of amides is 1. The topological polar surface area (TPSA) is 81.9 Å². The fourth-order valence-corrected chi connectivity index (χ4v) is 2.32. The van der Waals surface area contributed by atoms with Crippen molar-refractivity contribution in [3.8, 4) is 0 Å². The minimum absolute atomic E-state index is 0.0416. The molecular weight excluding hydrogens is 260 g/mol. The van der Waals surface area contributed by atoms with Crippen LogP contribution >= 0.6 is 0 Å². The van der Waals surface area contributed by atoms with E-state index in [1.165, 1.54) is 7.11 Å². The first-order chi connectivity index (χ1) is 9.31. The molecule has 1 amide bonds. The zero-order valence-electron chi connectivity index (χ0n) is 12.8. The molecule has 116 valence electrons. The molecule has 2 N–H and O–H groups in total. The molecule has 0 spiro atoms. The monoisotopic (exact) mass is 286 g/mol. The summed E-state index contributed by atoms with van der Waals surface area (Å²) in [6.45, 7) is 7.58. The number of carbonyl (C=O) groups excluding carboxylic acids is 2. The number of esters is 1. The highest BCUT2D eigenvalue weighted by molar-refractivity contribution is 5.84. The van der Waals surface area contributed by atoms with Crippen LogP contribution < -0.4 is 5.73 Å². The third-order valence-electron chi connectivity index (χ3n) is 3.69. The third-order valence-corrected chi connectivity index (χ3v) is 3.69. The zero-order valence-corrected chi connectivity index (χ0v) is 12.8. The number of rotatable bonds is 6. The van der Waals surface area contributed by atoms with Gasteiger partial charge in [0.25, 0.3) is 0 Å². The first-order valence-corrected chi connectivity index (χ1v) is 7.00. The normalized spacial score (nSPS) is 25.8. The second-order valence-corrected chi connectivity index (χ2v) is 6.01. The fraction of sp³-hybridized carbons (Fsp3) is 0.857. The number of hydrogen-bond acceptors (Lipinski definition) is 5. The van der Waals surface area contributed by atoms with Gasteiger partial charge in [0.2, 0.25) is 5.91 Å². The molecule has 1 rings (SSSR count). The maximum atomic E-state index is 12.7. The number of hydrogen-bond donors (Lipinski definition) is 1. The molecule has 0 saturated carbocycles. The molecule has 1 aliphatic heterocycles. The zero-order chi connectivity index (χ0) is 15.3. The molecule has 0 aromatic carbocycles. The summed E-state index contributed by atoms with van der Waals surface area (Å²) in [6.07, 6.45) is 0.196. The van der Waals surface area contributed by atoms with Crippen molar-refractivity contribution in [3.63, 3.8) is 0 Å². The molecular formula is C14H26N2O4. The van der Waals surface area contributed by atoms with Crippen molar-refractivity contribution < 1.29 is 19.1 Å². The lowest BCUT2D eigenvalue weighted by molar-refractivity contribution is -0.145. The van der Waals surface area contributed by atoms with Gasteiger partial charge in [0, 0.05) is 19.1 Å². The number of nitrogens with two attached hydrogens (primary N) is 1. The second kappa shape index (κ2) is 7.04. The van der Waals surface area contributed by atoms with Gasteiger partial charge in [0.1, 0.15) is 0 Å². The maximum Gasteiger partial charge on any atom is 0.307 e. The molecule has 1 fully saturated rings. The summed E-state index contributed by atoms with van der Waals surface area (Å²) < 4.78 is 9.96. The molecule has 0 radical (unpaired) electrons. The summed E-state index contributed by atoms with van der Waals surface area (Å²) in [5.41, 5.74) is 5.30. The maximum absolute atomic E-state index is 12.7. The predicted molar refractivity (Wildman–Crippen MR) is 75.0 cm³/mol. The van der Waals surface area contributed by atoms with Gasteiger partial charge < -0.3 is 20.1 Å². The minimum atomic E-state index is -0.703. The Bertz CT molecular complexity index is 359. The van der Waals surface area contributed by atoms with Crippen molar-refractivity contribution in [1.29, 1.82) is 0 Å². The number of methoxy groups -OCH3 is 1. The average Bonchev–Trinajstić information content (AvgIpc) is 2.74. The average molecular weight is 286 g/mol. The lowest BCUT2D eigenvalue weighted by atomic mass is 9.84. The lowest BCUT2D eigenvalue weighted by Gasteiger charge is -2.34. The summed E-state index contributed by atoms with van der Waals surface area (Å²) in [5.74, 6) is -0.0393. The van der Waals surface area contributed by atoms with E-state index >= 15 is 0 Å². The van der Waals surface area contributed by atoms with Crippen LogP contribution in [0.25, 0.3) is 0 Å². The van der Waals surface area contributed by atoms with E-state index in [0.717, 1.165) is 0 Å². The third kappa shape index (κ3) is 3.93. The quantitative estimate of drug-likeness (QED) is 0.715. The van der Waals surface area contributed by atoms with Gasteiger partial charge in [-0.05, 0) is 12.8 Å². The summed E-state index contributed by atoms with van der Waals surface area (Å²) in [7, 11) is 1.35. The van der Waals surface area contributed by atoms with Gasteiger partial charge in [0.15, 0.2) is 0 Å². The van der Waals surface area contributed by atoms with Gasteiger partial charge in [-0.1, -0.05) is 13.8 Å². The van der Waals surface area contributed by atoms with Gasteiger partial charge in [-0.2, -0.15) is 0 Å². The highest BCUT2D eigenvalue weighted by Gasteiger charge is 2.46. The molecule has 1 saturated heterocycles. The standard InChI is InChI=1S/C14H26N2O4/c1-10(2)7-16(6-5-12(17)19-4)13(18)14(3)9-20-8-11(14)15/h10-11H,5-9,15H2,1-4H3. The number of ether oxygens (including phenoxy) is 2. The van der Waals surface area contributed by atoms with Crippen LogP contribution in [-0.4, -0.2) is 56.2 Å². The Morgan fingerprint density at radius 3 is 2.60 bits per heavy atom. The smallest absolute Gasteiger partial charge is 0.307 e. The molecule has 1 heterocycles. The molecule has 6 heteroatoms. The second-order valence-electron chi connectivity index (χ2n) is 6.01. The summed E-state index contributed by atoms with van der Waals surface area (Å²) >= 11 is 0. The van der Waals surface area contributed by atoms with Crippen LogP contribution in [0.1, 0.15) is 27.2 Å². The van der Waals surface area contributed by atoms with E-state index in [9.17, 15) is 9.59 Å². The van der Waals surface area contributed by atoms with E-state index in [-0.39, 0.29) is 24.3 Å². The van der Waals surface area contributed by atoms with Gasteiger partial charge in [-0.3, -0.25) is 9.59 Å². The largest absolute Gasteiger partial charge is 0.469 e. The Morgan fingerprint density at radius 1 is 1.50 bits per heavy atom. The van der Waals surface area contributed by atoms with Crippen molar-refractivity contribution in [3.05, 3.63) is 0 Å². The van der Waals surface area contributed by atoms with Gasteiger partial charge in [-0.15, -0.1) is 0 Å². The van der Waals surface area contributed by atoms with Crippen LogP contribution in [0.5, 0.6) is 0 Å². The van der Waals surface area contributed by atoms with Crippen LogP contribution in [0.2, 0.25) is 0 Å². The van der Waals surface area contributed by atoms with Crippen molar-refractivity contribution in [2.24, 2.45) is 17.1 Å². The van der Waals surface area contributed by atoms with E-state index in [1.807, 2.05) is 20.8 Å². The molecule has 0 aromatic heterocycles. The van der Waals surface area contributed by atoms with Crippen LogP contribution in [-0.2, 0) is 19.1 Å². The fourth-order valence-electron chi connectivity index (χ4n) is 2.32. The minimum Gasteiger partial charge on any atom is -0.469 e. The summed E-state index contributed by atoms with van der Waals surface area (Å²) in [6, 6.07) is -0.303. The molecule has 6 nitrogen and oxygen atoms in total. The molecule has 0 aromatic rings. The Labute approximate surface area is 120 Å². The van der Waals surface area contributed by atoms with Crippen LogP contribution in [0.15, 0.2) is 0 Å². The van der Waals surface area contributed by atoms with E-state index < -0.39 is 5.41 Å². The SMILES string of the molecule is COC(=O)CCN(CC(C)C)C(=O)C1(C)COCC1N. The molecule has 1 aliphatic rings. The van der Waals surface area contributed by atoms with E-state index in [2.05, 4.69) is 4.74 Å². The van der Waals surface area contributed by atoms with Gasteiger partial charge in [0.05, 0.1) is 32.2 Å². The summed E-state index contributed by atoms with van der Waals surface area (Å²) in [5, 5.41) is 0. The Morgan fingerprint density at radius 2 is 2.15 bits per heavy atom. The predicted octanol–water partition coefficient (Wildman–Crippen LogP) is 0.398. The molecule has 0 bridgehead atoms. The van der Waals surface area contributed by atoms with E-state index in [4.69, 9.17) is 10.5 Å². The van der Waals surface area contributed by atoms with Crippen molar-refractivity contribution in [2.75, 3.05) is 33.4 Å². The lowest BCUT2D eigenvalue weighted by Crippen LogP contribution is -2.52. The number of carbonyl (C=O) groups is 2. The van der Waals surface area contributed by atoms with Crippen LogP contribution in [0.3, 0.4) is 0 Å². The Kier molecular flexibility index (Phi) is 5.95. The molecule has 2 atom stereocenters. The molecule has 20 heavy (non-hydrogen) atoms. The van der Waals surface area contributed by atoms with Crippen molar-refractivity contribution >= 4 is 11.9 Å². The first kappa shape index (κ1) is 16.9. The van der Waals surface area contributed by atoms with Gasteiger partial charge >= 0.3 is 5.97 Å². The van der Waals surface area contributed by atoms with Crippen molar-refractivity contribution in [1.82, 2.24) is 4.90 Å².